The predicted octanol–water partition coefficient (Wildman–Crippen LogP) is 3.54. The molecule has 0 saturated carbocycles. The molecule has 1 heterocycles. The number of nitrogens with one attached hydrogen (secondary N) is 1. The van der Waals surface area contributed by atoms with E-state index >= 15 is 0 Å². The Balaban J connectivity index is 1.76. The van der Waals surface area contributed by atoms with Gasteiger partial charge in [0.05, 0.1) is 24.5 Å². The average Bonchev–Trinajstić information content (AvgIpc) is 2.64. The Morgan fingerprint density at radius 3 is 2.54 bits per heavy atom. The smallest absolute Gasteiger partial charge is 0.254 e. The van der Waals surface area contributed by atoms with Crippen LogP contribution in [-0.4, -0.2) is 37.1 Å². The van der Waals surface area contributed by atoms with Gasteiger partial charge in [0.15, 0.2) is 0 Å². The third kappa shape index (κ3) is 3.58. The van der Waals surface area contributed by atoms with Crippen LogP contribution in [0, 0.1) is 11.3 Å². The molecule has 3 rings (SSSR count). The minimum absolute atomic E-state index is 0.0171. The molecule has 0 bridgehead atoms. The summed E-state index contributed by atoms with van der Waals surface area (Å²) < 4.78 is 6.08. The van der Waals surface area contributed by atoms with Crippen LogP contribution in [0.15, 0.2) is 46.9 Å². The molecular formula is C18H16BrN3O2. The van der Waals surface area contributed by atoms with Crippen LogP contribution >= 0.6 is 15.9 Å². The Kier molecular flexibility index (Phi) is 5.14. The Labute approximate surface area is 149 Å². The van der Waals surface area contributed by atoms with Crippen LogP contribution in [0.2, 0.25) is 0 Å². The molecule has 122 valence electrons. The van der Waals surface area contributed by atoms with Gasteiger partial charge in [-0.3, -0.25) is 4.79 Å². The lowest BCUT2D eigenvalue weighted by atomic mass is 10.1. The van der Waals surface area contributed by atoms with Crippen molar-refractivity contribution in [3.8, 4) is 6.07 Å². The number of nitriles is 1. The van der Waals surface area contributed by atoms with Crippen LogP contribution in [0.1, 0.15) is 15.9 Å². The number of rotatable bonds is 3. The predicted molar refractivity (Wildman–Crippen MR) is 95.3 cm³/mol. The zero-order chi connectivity index (χ0) is 16.9. The van der Waals surface area contributed by atoms with Gasteiger partial charge in [0.2, 0.25) is 0 Å². The van der Waals surface area contributed by atoms with Gasteiger partial charge in [0.1, 0.15) is 6.07 Å². The zero-order valence-electron chi connectivity index (χ0n) is 13.0. The summed E-state index contributed by atoms with van der Waals surface area (Å²) in [4.78, 5) is 14.2. The van der Waals surface area contributed by atoms with Crippen molar-refractivity contribution in [2.75, 3.05) is 31.6 Å². The topological polar surface area (TPSA) is 65.4 Å². The molecule has 24 heavy (non-hydrogen) atoms. The SMILES string of the molecule is N#Cc1cccc(Br)c1Nc1ccc(C(=O)N2CCOCC2)cc1. The van der Waals surface area contributed by atoms with Crippen LogP contribution in [-0.2, 0) is 4.74 Å². The quantitative estimate of drug-likeness (QED) is 0.877. The van der Waals surface area contributed by atoms with E-state index in [0.717, 1.165) is 10.2 Å². The molecule has 0 unspecified atom stereocenters. The van der Waals surface area contributed by atoms with Gasteiger partial charge in [-0.15, -0.1) is 0 Å². The van der Waals surface area contributed by atoms with E-state index in [1.807, 2.05) is 24.3 Å². The highest BCUT2D eigenvalue weighted by Gasteiger charge is 2.18. The molecule has 1 saturated heterocycles. The molecule has 2 aromatic rings. The van der Waals surface area contributed by atoms with Gasteiger partial charge in [-0.05, 0) is 52.3 Å². The van der Waals surface area contributed by atoms with Crippen molar-refractivity contribution in [1.82, 2.24) is 4.90 Å². The van der Waals surface area contributed by atoms with E-state index < -0.39 is 0 Å². The average molecular weight is 386 g/mol. The Morgan fingerprint density at radius 1 is 1.17 bits per heavy atom. The van der Waals surface area contributed by atoms with Crippen LogP contribution in [0.25, 0.3) is 0 Å². The summed E-state index contributed by atoms with van der Waals surface area (Å²) in [7, 11) is 0. The number of halogens is 1. The maximum absolute atomic E-state index is 12.4. The van der Waals surface area contributed by atoms with Crippen LogP contribution in [0.5, 0.6) is 0 Å². The number of carbonyl (C=O) groups is 1. The third-order valence-corrected chi connectivity index (χ3v) is 4.49. The van der Waals surface area contributed by atoms with Crippen LogP contribution < -0.4 is 5.32 Å². The maximum Gasteiger partial charge on any atom is 0.254 e. The molecule has 5 nitrogen and oxygen atoms in total. The summed E-state index contributed by atoms with van der Waals surface area (Å²) in [6, 6.07) is 14.9. The summed E-state index contributed by atoms with van der Waals surface area (Å²) in [6.07, 6.45) is 0. The fourth-order valence-electron chi connectivity index (χ4n) is 2.53. The lowest BCUT2D eigenvalue weighted by molar-refractivity contribution is 0.0303. The van der Waals surface area contributed by atoms with Crippen LogP contribution in [0.4, 0.5) is 11.4 Å². The Bertz CT molecular complexity index is 778. The number of carbonyl (C=O) groups excluding carboxylic acids is 1. The first-order valence-corrected chi connectivity index (χ1v) is 8.41. The molecule has 1 aliphatic rings. The molecule has 0 spiro atoms. The minimum Gasteiger partial charge on any atom is -0.378 e. The van der Waals surface area contributed by atoms with Gasteiger partial charge in [0, 0.05) is 28.8 Å². The summed E-state index contributed by atoms with van der Waals surface area (Å²) >= 11 is 3.45. The fourth-order valence-corrected chi connectivity index (χ4v) is 3.00. The van der Waals surface area contributed by atoms with Crippen LogP contribution in [0.3, 0.4) is 0 Å². The number of para-hydroxylation sites is 1. The first-order chi connectivity index (χ1) is 11.7. The molecule has 0 radical (unpaired) electrons. The molecule has 1 fully saturated rings. The Morgan fingerprint density at radius 2 is 1.88 bits per heavy atom. The number of benzene rings is 2. The zero-order valence-corrected chi connectivity index (χ0v) is 14.5. The van der Waals surface area contributed by atoms with E-state index in [1.54, 1.807) is 23.1 Å². The number of hydrogen-bond acceptors (Lipinski definition) is 4. The molecule has 6 heteroatoms. The van der Waals surface area contributed by atoms with Crippen molar-refractivity contribution in [1.29, 1.82) is 5.26 Å². The highest BCUT2D eigenvalue weighted by Crippen LogP contribution is 2.29. The van der Waals surface area contributed by atoms with Crippen molar-refractivity contribution < 1.29 is 9.53 Å². The summed E-state index contributed by atoms with van der Waals surface area (Å²) in [5, 5.41) is 12.4. The summed E-state index contributed by atoms with van der Waals surface area (Å²) in [6.45, 7) is 2.43. The lowest BCUT2D eigenvalue weighted by Crippen LogP contribution is -2.40. The molecule has 0 aliphatic carbocycles. The second-order valence-electron chi connectivity index (χ2n) is 5.38. The van der Waals surface area contributed by atoms with Gasteiger partial charge in [-0.25, -0.2) is 0 Å². The number of ether oxygens (including phenoxy) is 1. The van der Waals surface area contributed by atoms with E-state index in [9.17, 15) is 10.1 Å². The monoisotopic (exact) mass is 385 g/mol. The molecule has 0 aromatic heterocycles. The van der Waals surface area contributed by atoms with Crippen molar-refractivity contribution in [3.63, 3.8) is 0 Å². The molecule has 2 aromatic carbocycles. The van der Waals surface area contributed by atoms with Crippen molar-refractivity contribution >= 4 is 33.2 Å². The molecule has 1 N–H and O–H groups in total. The van der Waals surface area contributed by atoms with E-state index in [-0.39, 0.29) is 5.91 Å². The molecular weight excluding hydrogens is 370 g/mol. The van der Waals surface area contributed by atoms with Crippen molar-refractivity contribution in [3.05, 3.63) is 58.1 Å². The second-order valence-corrected chi connectivity index (χ2v) is 6.24. The molecule has 1 amide bonds. The van der Waals surface area contributed by atoms with Crippen molar-refractivity contribution in [2.45, 2.75) is 0 Å². The highest BCUT2D eigenvalue weighted by atomic mass is 79.9. The second kappa shape index (κ2) is 7.47. The number of nitrogens with zero attached hydrogens (tertiary/aromatic N) is 2. The maximum atomic E-state index is 12.4. The first-order valence-electron chi connectivity index (χ1n) is 7.62. The number of hydrogen-bond donors (Lipinski definition) is 1. The Hall–Kier alpha value is -2.36. The molecule has 0 atom stereocenters. The standard InChI is InChI=1S/C18H16BrN3O2/c19-16-3-1-2-14(12-20)17(16)21-15-6-4-13(5-7-15)18(23)22-8-10-24-11-9-22/h1-7,21H,8-11H2. The van der Waals surface area contributed by atoms with Gasteiger partial charge < -0.3 is 15.0 Å². The number of anilines is 2. The third-order valence-electron chi connectivity index (χ3n) is 3.83. The van der Waals surface area contributed by atoms with Crippen molar-refractivity contribution in [2.24, 2.45) is 0 Å². The van der Waals surface area contributed by atoms with Gasteiger partial charge in [0.25, 0.3) is 5.91 Å². The summed E-state index contributed by atoms with van der Waals surface area (Å²) in [5.74, 6) is 0.0171. The van der Waals surface area contributed by atoms with Gasteiger partial charge in [-0.2, -0.15) is 5.26 Å². The largest absolute Gasteiger partial charge is 0.378 e. The minimum atomic E-state index is 0.0171. The fraction of sp³-hybridized carbons (Fsp3) is 0.222. The van der Waals surface area contributed by atoms with E-state index in [1.165, 1.54) is 0 Å². The van der Waals surface area contributed by atoms with E-state index in [4.69, 9.17) is 4.74 Å². The first kappa shape index (κ1) is 16.5. The lowest BCUT2D eigenvalue weighted by Gasteiger charge is -2.26. The van der Waals surface area contributed by atoms with E-state index in [2.05, 4.69) is 27.3 Å². The van der Waals surface area contributed by atoms with Gasteiger partial charge >= 0.3 is 0 Å². The number of morpholine rings is 1. The molecule has 1 aliphatic heterocycles. The van der Waals surface area contributed by atoms with Gasteiger partial charge in [-0.1, -0.05) is 6.07 Å². The highest BCUT2D eigenvalue weighted by molar-refractivity contribution is 9.10. The number of amides is 1. The summed E-state index contributed by atoms with van der Waals surface area (Å²) in [5.41, 5.74) is 2.73. The normalized spacial score (nSPS) is 14.1. The van der Waals surface area contributed by atoms with E-state index in [0.29, 0.717) is 43.1 Å².